The molecule has 2 aromatic carbocycles. The molecule has 94 valence electrons. The van der Waals surface area contributed by atoms with Crippen LogP contribution in [-0.2, 0) is 0 Å². The number of aryl methyl sites for hydroxylation is 1. The van der Waals surface area contributed by atoms with Crippen LogP contribution in [0, 0.1) is 6.92 Å². The molecule has 0 amide bonds. The average Bonchev–Trinajstić information content (AvgIpc) is 2.93. The van der Waals surface area contributed by atoms with Gasteiger partial charge in [0.15, 0.2) is 11.2 Å². The summed E-state index contributed by atoms with van der Waals surface area (Å²) < 4.78 is 4.84. The topological polar surface area (TPSA) is 84.6 Å². The zero-order valence-corrected chi connectivity index (χ0v) is 10.0. The zero-order chi connectivity index (χ0) is 13.4. The number of nitrogens with zero attached hydrogens (tertiary/aromatic N) is 2. The highest BCUT2D eigenvalue weighted by molar-refractivity contribution is 5.83. The molecule has 3 aromatic rings. The first-order valence-electron chi connectivity index (χ1n) is 5.62. The second-order valence-electron chi connectivity index (χ2n) is 4.10. The second kappa shape index (κ2) is 4.16. The van der Waals surface area contributed by atoms with Gasteiger partial charge in [0.1, 0.15) is 5.76 Å². The van der Waals surface area contributed by atoms with Crippen molar-refractivity contribution in [3.05, 3.63) is 61.9 Å². The Morgan fingerprint density at radius 3 is 2.32 bits per heavy atom. The predicted molar refractivity (Wildman–Crippen MR) is 69.3 cm³/mol. The summed E-state index contributed by atoms with van der Waals surface area (Å²) in [5.41, 5.74) is 1.78. The minimum Gasteiger partial charge on any atom is -0.359 e. The van der Waals surface area contributed by atoms with E-state index in [1.165, 1.54) is 0 Å². The summed E-state index contributed by atoms with van der Waals surface area (Å²) in [5.74, 6) is 0.955. The van der Waals surface area contributed by atoms with Crippen molar-refractivity contribution in [1.29, 1.82) is 0 Å². The lowest BCUT2D eigenvalue weighted by atomic mass is 10.2. The van der Waals surface area contributed by atoms with Crippen molar-refractivity contribution in [3.8, 4) is 0 Å². The number of rotatable bonds is 2. The minimum absolute atomic E-state index is 0.137. The summed E-state index contributed by atoms with van der Waals surface area (Å²) in [6, 6.07) is 8.25. The molecule has 0 radical (unpaired) electrons. The molecule has 1 N–H and O–H groups in total. The molecule has 6 nitrogen and oxygen atoms in total. The highest BCUT2D eigenvalue weighted by Crippen LogP contribution is 2.06. The van der Waals surface area contributed by atoms with Crippen LogP contribution in [0.5, 0.6) is 0 Å². The van der Waals surface area contributed by atoms with Crippen molar-refractivity contribution in [1.82, 2.24) is 5.16 Å². The Balaban J connectivity index is 2.15. The largest absolute Gasteiger partial charge is 0.359 e. The van der Waals surface area contributed by atoms with Crippen molar-refractivity contribution in [2.24, 2.45) is 5.10 Å². The Hall–Kier alpha value is -2.76. The molecule has 1 aromatic heterocycles. The van der Waals surface area contributed by atoms with Gasteiger partial charge in [0.25, 0.3) is 0 Å². The molecule has 3 rings (SSSR count). The van der Waals surface area contributed by atoms with Crippen LogP contribution in [0.4, 0.5) is 5.82 Å². The molecule has 0 atom stereocenters. The molecule has 0 unspecified atom stereocenters. The third-order valence-electron chi connectivity index (χ3n) is 2.76. The summed E-state index contributed by atoms with van der Waals surface area (Å²) in [4.78, 5) is 24.0. The van der Waals surface area contributed by atoms with Crippen molar-refractivity contribution < 1.29 is 4.52 Å². The second-order valence-corrected chi connectivity index (χ2v) is 4.10. The van der Waals surface area contributed by atoms with E-state index in [4.69, 9.17) is 4.52 Å². The van der Waals surface area contributed by atoms with Gasteiger partial charge in [-0.15, -0.1) is 0 Å². The monoisotopic (exact) mass is 255 g/mol. The molecule has 0 spiro atoms. The first-order chi connectivity index (χ1) is 9.16. The Labute approximate surface area is 106 Å². The maximum absolute atomic E-state index is 12.0. The Morgan fingerprint density at radius 1 is 1.16 bits per heavy atom. The molecule has 0 aliphatic carbocycles. The number of aromatic nitrogens is 1. The molecule has 0 saturated heterocycles. The molecule has 0 bridgehead atoms. The molecular formula is C13H9N3O3. The molecule has 19 heavy (non-hydrogen) atoms. The molecular weight excluding hydrogens is 246 g/mol. The minimum atomic E-state index is -0.381. The normalized spacial score (nSPS) is 10.8. The van der Waals surface area contributed by atoms with E-state index < -0.39 is 0 Å². The van der Waals surface area contributed by atoms with E-state index in [2.05, 4.69) is 15.7 Å². The standard InChI is InChI=1S/C13H9N3O3/c1-7-6-10(16-19-7)14-15-11-12(17)8-4-2-3-5-9(8)13(11)18/h2-6H,1H3,(H,14,16). The van der Waals surface area contributed by atoms with Crippen molar-refractivity contribution in [2.45, 2.75) is 6.92 Å². The van der Waals surface area contributed by atoms with Gasteiger partial charge in [-0.05, 0) is 6.92 Å². The Kier molecular flexibility index (Phi) is 2.49. The van der Waals surface area contributed by atoms with E-state index in [1.54, 1.807) is 37.3 Å². The maximum Gasteiger partial charge on any atom is 0.217 e. The summed E-state index contributed by atoms with van der Waals surface area (Å²) in [7, 11) is 0. The highest BCUT2D eigenvalue weighted by Gasteiger charge is 2.09. The van der Waals surface area contributed by atoms with Crippen LogP contribution in [-0.4, -0.2) is 5.16 Å². The smallest absolute Gasteiger partial charge is 0.217 e. The van der Waals surface area contributed by atoms with Crippen LogP contribution in [0.15, 0.2) is 49.5 Å². The molecule has 1 heterocycles. The van der Waals surface area contributed by atoms with Crippen LogP contribution >= 0.6 is 0 Å². The average molecular weight is 255 g/mol. The summed E-state index contributed by atoms with van der Waals surface area (Å²) >= 11 is 0. The van der Waals surface area contributed by atoms with Gasteiger partial charge in [-0.25, -0.2) is 0 Å². The Morgan fingerprint density at radius 2 is 1.79 bits per heavy atom. The van der Waals surface area contributed by atoms with Crippen LogP contribution < -0.4 is 21.6 Å². The van der Waals surface area contributed by atoms with E-state index >= 15 is 0 Å². The number of hydrogen-bond donors (Lipinski definition) is 1. The van der Waals surface area contributed by atoms with Gasteiger partial charge in [-0.1, -0.05) is 29.4 Å². The number of fused-ring (bicyclic) bond motifs is 1. The summed E-state index contributed by atoms with van der Waals surface area (Å²) in [6.45, 7) is 1.73. The number of anilines is 1. The van der Waals surface area contributed by atoms with Crippen LogP contribution in [0.3, 0.4) is 0 Å². The first kappa shape index (κ1) is 11.3. The molecule has 0 saturated carbocycles. The van der Waals surface area contributed by atoms with Gasteiger partial charge in [0.2, 0.25) is 10.9 Å². The van der Waals surface area contributed by atoms with Gasteiger partial charge in [0, 0.05) is 16.8 Å². The third-order valence-corrected chi connectivity index (χ3v) is 2.76. The fourth-order valence-electron chi connectivity index (χ4n) is 1.87. The molecule has 0 fully saturated rings. The first-order valence-corrected chi connectivity index (χ1v) is 5.62. The van der Waals surface area contributed by atoms with E-state index in [9.17, 15) is 9.59 Å². The summed E-state index contributed by atoms with van der Waals surface area (Å²) in [5, 5.41) is 8.11. The lowest BCUT2D eigenvalue weighted by Gasteiger charge is -1.87. The number of hydrogen-bond acceptors (Lipinski definition) is 6. The quantitative estimate of drug-likeness (QED) is 0.680. The van der Waals surface area contributed by atoms with E-state index in [0.717, 1.165) is 0 Å². The number of nitrogens with one attached hydrogen (secondary N) is 1. The lowest BCUT2D eigenvalue weighted by molar-refractivity contribution is 0.400. The van der Waals surface area contributed by atoms with Gasteiger partial charge in [0.05, 0.1) is 0 Å². The Bertz CT molecular complexity index is 851. The summed E-state index contributed by atoms with van der Waals surface area (Å²) in [6.07, 6.45) is 0. The van der Waals surface area contributed by atoms with Crippen molar-refractivity contribution in [3.63, 3.8) is 0 Å². The molecule has 0 aliphatic rings. The van der Waals surface area contributed by atoms with Crippen LogP contribution in [0.2, 0.25) is 0 Å². The SMILES string of the molecule is Cc1cc(NN=c2c(=O)c3ccccc3c2=O)no1. The van der Waals surface area contributed by atoms with Gasteiger partial charge in [-0.2, -0.15) is 5.10 Å². The zero-order valence-electron chi connectivity index (χ0n) is 10.0. The lowest BCUT2D eigenvalue weighted by Crippen LogP contribution is -2.32. The fourth-order valence-corrected chi connectivity index (χ4v) is 1.87. The molecule has 6 heteroatoms. The van der Waals surface area contributed by atoms with Gasteiger partial charge >= 0.3 is 0 Å². The van der Waals surface area contributed by atoms with Crippen LogP contribution in [0.1, 0.15) is 5.76 Å². The fraction of sp³-hybridized carbons (Fsp3) is 0.0769. The van der Waals surface area contributed by atoms with E-state index in [1.807, 2.05) is 0 Å². The third kappa shape index (κ3) is 1.83. The van der Waals surface area contributed by atoms with E-state index in [0.29, 0.717) is 22.4 Å². The molecule has 0 aliphatic heterocycles. The maximum atomic E-state index is 12.0. The van der Waals surface area contributed by atoms with Gasteiger partial charge < -0.3 is 4.52 Å². The van der Waals surface area contributed by atoms with Gasteiger partial charge in [-0.3, -0.25) is 15.0 Å². The predicted octanol–water partition coefficient (Wildman–Crippen LogP) is 0.660. The van der Waals surface area contributed by atoms with Crippen molar-refractivity contribution in [2.75, 3.05) is 5.43 Å². The van der Waals surface area contributed by atoms with Crippen molar-refractivity contribution >= 4 is 16.6 Å². The number of benzene rings is 1. The van der Waals surface area contributed by atoms with Crippen LogP contribution in [0.25, 0.3) is 10.8 Å². The highest BCUT2D eigenvalue weighted by atomic mass is 16.5. The van der Waals surface area contributed by atoms with E-state index in [-0.39, 0.29) is 16.2 Å².